The minimum Gasteiger partial charge on any atom is -0.493 e. The summed E-state index contributed by atoms with van der Waals surface area (Å²) in [5.74, 6) is 0.532. The van der Waals surface area contributed by atoms with Crippen LogP contribution in [0.2, 0.25) is 0 Å². The van der Waals surface area contributed by atoms with E-state index in [9.17, 15) is 18.0 Å². The number of fused-ring (bicyclic) bond motifs is 1. The van der Waals surface area contributed by atoms with Gasteiger partial charge in [-0.2, -0.15) is 13.2 Å². The van der Waals surface area contributed by atoms with Gasteiger partial charge in [-0.15, -0.1) is 0 Å². The highest BCUT2D eigenvalue weighted by Crippen LogP contribution is 2.33. The summed E-state index contributed by atoms with van der Waals surface area (Å²) in [6.07, 6.45) is -1.44. The maximum atomic E-state index is 12.7. The van der Waals surface area contributed by atoms with E-state index in [1.807, 2.05) is 25.1 Å². The van der Waals surface area contributed by atoms with Crippen molar-refractivity contribution in [3.8, 4) is 5.75 Å². The van der Waals surface area contributed by atoms with Crippen molar-refractivity contribution in [3.05, 3.63) is 59.8 Å². The third-order valence-corrected chi connectivity index (χ3v) is 5.61. The van der Waals surface area contributed by atoms with Crippen molar-refractivity contribution in [2.75, 3.05) is 25.1 Å². The first-order valence-corrected chi connectivity index (χ1v) is 10.0. The number of hydrogen-bond acceptors (Lipinski definition) is 3. The summed E-state index contributed by atoms with van der Waals surface area (Å²) in [5.41, 5.74) is 1.08. The molecule has 0 radical (unpaired) electrons. The molecular weight excluding hydrogens is 409 g/mol. The van der Waals surface area contributed by atoms with Gasteiger partial charge in [0, 0.05) is 30.1 Å². The Hall–Kier alpha value is -3.00. The Bertz CT molecular complexity index is 1070. The standard InChI is InChI=1S/C23H23F3N2O3/c1-22(9-11-30-14-22)21(29)28-20-13-27-19-7-6-17(12-18(19)20)31-10-8-15-2-4-16(5-3-15)23(24,25)26/h2-7,12-13,27H,8-11,14H2,1H3,(H,28,29). The molecule has 1 unspecified atom stereocenters. The van der Waals surface area contributed by atoms with Gasteiger partial charge in [0.05, 0.1) is 29.9 Å². The molecule has 0 spiro atoms. The molecule has 2 aromatic carbocycles. The van der Waals surface area contributed by atoms with Gasteiger partial charge in [0.25, 0.3) is 0 Å². The molecular formula is C23H23F3N2O3. The number of benzene rings is 2. The molecule has 2 N–H and O–H groups in total. The molecule has 2 heterocycles. The molecule has 1 amide bonds. The van der Waals surface area contributed by atoms with Crippen molar-refractivity contribution in [1.82, 2.24) is 4.98 Å². The van der Waals surface area contributed by atoms with Crippen molar-refractivity contribution in [2.45, 2.75) is 25.9 Å². The van der Waals surface area contributed by atoms with Crippen LogP contribution in [-0.4, -0.2) is 30.7 Å². The summed E-state index contributed by atoms with van der Waals surface area (Å²) in [7, 11) is 0. The van der Waals surface area contributed by atoms with Crippen LogP contribution in [0.3, 0.4) is 0 Å². The molecule has 5 nitrogen and oxygen atoms in total. The normalized spacial score (nSPS) is 19.0. The number of amides is 1. The van der Waals surface area contributed by atoms with Crippen molar-refractivity contribution in [2.24, 2.45) is 5.41 Å². The first-order chi connectivity index (χ1) is 14.7. The fourth-order valence-corrected chi connectivity index (χ4v) is 3.56. The highest BCUT2D eigenvalue weighted by molar-refractivity contribution is 6.04. The van der Waals surface area contributed by atoms with Crippen molar-refractivity contribution >= 4 is 22.5 Å². The number of ether oxygens (including phenoxy) is 2. The summed E-state index contributed by atoms with van der Waals surface area (Å²) in [5, 5.41) is 3.80. The molecule has 1 aromatic heterocycles. The van der Waals surface area contributed by atoms with Gasteiger partial charge in [-0.05, 0) is 49.2 Å². The van der Waals surface area contributed by atoms with E-state index in [1.54, 1.807) is 6.20 Å². The van der Waals surface area contributed by atoms with E-state index in [0.29, 0.717) is 44.1 Å². The quantitative estimate of drug-likeness (QED) is 0.565. The molecule has 1 aliphatic heterocycles. The molecule has 1 fully saturated rings. The number of halogens is 3. The van der Waals surface area contributed by atoms with Crippen LogP contribution in [0.1, 0.15) is 24.5 Å². The lowest BCUT2D eigenvalue weighted by Gasteiger charge is -2.20. The minimum atomic E-state index is -4.34. The van der Waals surface area contributed by atoms with E-state index in [4.69, 9.17) is 9.47 Å². The van der Waals surface area contributed by atoms with Crippen LogP contribution in [0, 0.1) is 5.41 Å². The number of nitrogens with one attached hydrogen (secondary N) is 2. The van der Waals surface area contributed by atoms with E-state index in [-0.39, 0.29) is 5.91 Å². The Morgan fingerprint density at radius 2 is 2.00 bits per heavy atom. The lowest BCUT2D eigenvalue weighted by molar-refractivity contribution is -0.137. The molecule has 1 aliphatic rings. The predicted octanol–water partition coefficient (Wildman–Crippen LogP) is 5.17. The van der Waals surface area contributed by atoms with Gasteiger partial charge in [0.15, 0.2) is 0 Å². The Morgan fingerprint density at radius 1 is 1.23 bits per heavy atom. The van der Waals surface area contributed by atoms with E-state index in [0.717, 1.165) is 28.6 Å². The average Bonchev–Trinajstić information content (AvgIpc) is 3.35. The number of aromatic nitrogens is 1. The maximum absolute atomic E-state index is 12.7. The van der Waals surface area contributed by atoms with Crippen LogP contribution >= 0.6 is 0 Å². The van der Waals surface area contributed by atoms with Crippen LogP contribution in [0.25, 0.3) is 10.9 Å². The number of anilines is 1. The smallest absolute Gasteiger partial charge is 0.416 e. The average molecular weight is 432 g/mol. The van der Waals surface area contributed by atoms with Crippen molar-refractivity contribution in [3.63, 3.8) is 0 Å². The van der Waals surface area contributed by atoms with E-state index < -0.39 is 17.2 Å². The maximum Gasteiger partial charge on any atom is 0.416 e. The molecule has 1 saturated heterocycles. The van der Waals surface area contributed by atoms with Gasteiger partial charge in [-0.1, -0.05) is 12.1 Å². The van der Waals surface area contributed by atoms with E-state index in [1.165, 1.54) is 12.1 Å². The minimum absolute atomic E-state index is 0.0838. The van der Waals surface area contributed by atoms with Gasteiger partial charge in [-0.25, -0.2) is 0 Å². The van der Waals surface area contributed by atoms with Crippen molar-refractivity contribution in [1.29, 1.82) is 0 Å². The Labute approximate surface area is 177 Å². The number of rotatable bonds is 6. The first kappa shape index (κ1) is 21.2. The summed E-state index contributed by atoms with van der Waals surface area (Å²) < 4.78 is 49.1. The summed E-state index contributed by atoms with van der Waals surface area (Å²) in [6, 6.07) is 10.6. The Balaban J connectivity index is 1.40. The number of alkyl halides is 3. The molecule has 4 rings (SSSR count). The first-order valence-electron chi connectivity index (χ1n) is 10.0. The van der Waals surface area contributed by atoms with Crippen LogP contribution < -0.4 is 10.1 Å². The monoisotopic (exact) mass is 432 g/mol. The number of hydrogen-bond donors (Lipinski definition) is 2. The number of H-pyrrole nitrogens is 1. The van der Waals surface area contributed by atoms with Gasteiger partial charge in [0.1, 0.15) is 5.75 Å². The van der Waals surface area contributed by atoms with Gasteiger partial charge >= 0.3 is 6.18 Å². The van der Waals surface area contributed by atoms with Crippen LogP contribution in [0.15, 0.2) is 48.7 Å². The van der Waals surface area contributed by atoms with Crippen LogP contribution in [0.4, 0.5) is 18.9 Å². The number of aromatic amines is 1. The fourth-order valence-electron chi connectivity index (χ4n) is 3.56. The molecule has 3 aromatic rings. The molecule has 0 bridgehead atoms. The van der Waals surface area contributed by atoms with Gasteiger partial charge < -0.3 is 19.8 Å². The summed E-state index contributed by atoms with van der Waals surface area (Å²) >= 11 is 0. The lowest BCUT2D eigenvalue weighted by atomic mass is 9.89. The highest BCUT2D eigenvalue weighted by atomic mass is 19.4. The van der Waals surface area contributed by atoms with E-state index >= 15 is 0 Å². The third-order valence-electron chi connectivity index (χ3n) is 5.61. The van der Waals surface area contributed by atoms with Gasteiger partial charge in [-0.3, -0.25) is 4.79 Å². The summed E-state index contributed by atoms with van der Waals surface area (Å²) in [4.78, 5) is 15.8. The zero-order valence-electron chi connectivity index (χ0n) is 17.0. The second-order valence-corrected chi connectivity index (χ2v) is 8.02. The predicted molar refractivity (Wildman–Crippen MR) is 111 cm³/mol. The second-order valence-electron chi connectivity index (χ2n) is 8.02. The summed E-state index contributed by atoms with van der Waals surface area (Å²) in [6.45, 7) is 3.19. The Morgan fingerprint density at radius 3 is 2.68 bits per heavy atom. The second kappa shape index (κ2) is 8.26. The SMILES string of the molecule is CC1(C(=O)Nc2c[nH]c3ccc(OCCc4ccc(C(F)(F)F)cc4)cc23)CCOC1. The number of carbonyl (C=O) groups is 1. The molecule has 164 valence electrons. The molecule has 31 heavy (non-hydrogen) atoms. The van der Waals surface area contributed by atoms with Crippen LogP contribution in [-0.2, 0) is 22.1 Å². The van der Waals surface area contributed by atoms with Crippen LogP contribution in [0.5, 0.6) is 5.75 Å². The van der Waals surface area contributed by atoms with Gasteiger partial charge in [0.2, 0.25) is 5.91 Å². The zero-order chi connectivity index (χ0) is 22.1. The molecule has 0 aliphatic carbocycles. The lowest BCUT2D eigenvalue weighted by Crippen LogP contribution is -2.33. The third kappa shape index (κ3) is 4.69. The number of carbonyl (C=O) groups excluding carboxylic acids is 1. The highest BCUT2D eigenvalue weighted by Gasteiger charge is 2.37. The fraction of sp³-hybridized carbons (Fsp3) is 0.348. The largest absolute Gasteiger partial charge is 0.493 e. The van der Waals surface area contributed by atoms with E-state index in [2.05, 4.69) is 10.3 Å². The van der Waals surface area contributed by atoms with Crippen molar-refractivity contribution < 1.29 is 27.4 Å². The Kier molecular flexibility index (Phi) is 5.66. The molecule has 8 heteroatoms. The molecule has 0 saturated carbocycles. The zero-order valence-corrected chi connectivity index (χ0v) is 17.0. The molecule has 1 atom stereocenters. The topological polar surface area (TPSA) is 63.4 Å².